The summed E-state index contributed by atoms with van der Waals surface area (Å²) in [5.74, 6) is 0. The number of nitrogens with zero attached hydrogens (tertiary/aromatic N) is 1. The van der Waals surface area contributed by atoms with Crippen molar-refractivity contribution in [2.24, 2.45) is 5.73 Å². The van der Waals surface area contributed by atoms with Gasteiger partial charge in [0.15, 0.2) is 0 Å². The van der Waals surface area contributed by atoms with Gasteiger partial charge < -0.3 is 15.7 Å². The minimum atomic E-state index is -0.420. The van der Waals surface area contributed by atoms with E-state index in [4.69, 9.17) is 5.73 Å². The highest BCUT2D eigenvalue weighted by atomic mass is 16.3. The largest absolute Gasteiger partial charge is 0.387 e. The second-order valence-electron chi connectivity index (χ2n) is 3.72. The zero-order valence-corrected chi connectivity index (χ0v) is 8.77. The van der Waals surface area contributed by atoms with Gasteiger partial charge in [-0.2, -0.15) is 0 Å². The van der Waals surface area contributed by atoms with Gasteiger partial charge in [0.2, 0.25) is 0 Å². The van der Waals surface area contributed by atoms with Crippen LogP contribution in [0.25, 0.3) is 0 Å². The molecule has 1 unspecified atom stereocenters. The van der Waals surface area contributed by atoms with Crippen molar-refractivity contribution in [2.45, 2.75) is 12.6 Å². The quantitative estimate of drug-likeness (QED) is 0.743. The van der Waals surface area contributed by atoms with E-state index in [-0.39, 0.29) is 0 Å². The number of aliphatic hydroxyl groups excluding tert-OH is 1. The lowest BCUT2D eigenvalue weighted by molar-refractivity contribution is 0.138. The molecular weight excluding hydrogens is 176 g/mol. The third kappa shape index (κ3) is 3.10. The molecule has 0 radical (unpaired) electrons. The van der Waals surface area contributed by atoms with Crippen molar-refractivity contribution in [3.8, 4) is 0 Å². The maximum atomic E-state index is 9.78. The molecule has 0 aliphatic heterocycles. The van der Waals surface area contributed by atoms with Crippen molar-refractivity contribution in [3.05, 3.63) is 35.4 Å². The van der Waals surface area contributed by atoms with Crippen molar-refractivity contribution in [1.82, 2.24) is 4.90 Å². The molecule has 0 aliphatic carbocycles. The number of aliphatic hydroxyl groups is 1. The minimum Gasteiger partial charge on any atom is -0.387 e. The number of hydrogen-bond donors (Lipinski definition) is 2. The summed E-state index contributed by atoms with van der Waals surface area (Å²) in [6, 6.07) is 7.76. The first-order valence-electron chi connectivity index (χ1n) is 4.75. The normalized spacial score (nSPS) is 13.2. The van der Waals surface area contributed by atoms with Gasteiger partial charge in [0.05, 0.1) is 6.10 Å². The fourth-order valence-corrected chi connectivity index (χ4v) is 1.33. The Kier molecular flexibility index (Phi) is 4.07. The Morgan fingerprint density at radius 1 is 1.29 bits per heavy atom. The molecule has 1 rings (SSSR count). The molecule has 78 valence electrons. The van der Waals surface area contributed by atoms with Gasteiger partial charge in [0.1, 0.15) is 0 Å². The molecule has 3 heteroatoms. The predicted molar refractivity (Wildman–Crippen MR) is 57.8 cm³/mol. The molecule has 1 aromatic rings. The Morgan fingerprint density at radius 2 is 1.86 bits per heavy atom. The van der Waals surface area contributed by atoms with E-state index in [2.05, 4.69) is 0 Å². The van der Waals surface area contributed by atoms with Crippen LogP contribution < -0.4 is 5.73 Å². The Bertz CT molecular complexity index is 269. The van der Waals surface area contributed by atoms with Gasteiger partial charge in [-0.25, -0.2) is 0 Å². The predicted octanol–water partition coefficient (Wildman–Crippen LogP) is 0.740. The van der Waals surface area contributed by atoms with E-state index in [9.17, 15) is 5.11 Å². The van der Waals surface area contributed by atoms with Crippen molar-refractivity contribution < 1.29 is 5.11 Å². The fraction of sp³-hybridized carbons (Fsp3) is 0.455. The number of nitrogens with two attached hydrogens (primary N) is 1. The highest BCUT2D eigenvalue weighted by Gasteiger charge is 2.07. The Hall–Kier alpha value is -0.900. The number of hydrogen-bond acceptors (Lipinski definition) is 3. The third-order valence-electron chi connectivity index (χ3n) is 2.14. The third-order valence-corrected chi connectivity index (χ3v) is 2.14. The van der Waals surface area contributed by atoms with E-state index in [0.717, 1.165) is 11.1 Å². The van der Waals surface area contributed by atoms with Gasteiger partial charge in [-0.15, -0.1) is 0 Å². The molecule has 1 atom stereocenters. The Labute approximate surface area is 85.2 Å². The molecule has 0 heterocycles. The summed E-state index contributed by atoms with van der Waals surface area (Å²) in [5.41, 5.74) is 7.52. The van der Waals surface area contributed by atoms with Gasteiger partial charge in [-0.05, 0) is 25.2 Å². The summed E-state index contributed by atoms with van der Waals surface area (Å²) in [4.78, 5) is 1.96. The molecule has 0 amide bonds. The van der Waals surface area contributed by atoms with Crippen molar-refractivity contribution in [3.63, 3.8) is 0 Å². The van der Waals surface area contributed by atoms with E-state index in [0.29, 0.717) is 13.1 Å². The molecule has 0 aromatic heterocycles. The van der Waals surface area contributed by atoms with Crippen LogP contribution in [0.3, 0.4) is 0 Å². The molecule has 0 spiro atoms. The molecule has 1 aromatic carbocycles. The van der Waals surface area contributed by atoms with Gasteiger partial charge in [0, 0.05) is 13.1 Å². The zero-order valence-electron chi connectivity index (χ0n) is 8.77. The van der Waals surface area contributed by atoms with E-state index in [1.165, 1.54) is 0 Å². The molecule has 3 nitrogen and oxygen atoms in total. The van der Waals surface area contributed by atoms with Crippen molar-refractivity contribution >= 4 is 0 Å². The average Bonchev–Trinajstić information content (AvgIpc) is 2.17. The molecule has 0 aliphatic rings. The molecule has 0 saturated carbocycles. The lowest BCUT2D eigenvalue weighted by Crippen LogP contribution is -2.19. The zero-order chi connectivity index (χ0) is 10.6. The lowest BCUT2D eigenvalue weighted by Gasteiger charge is -2.16. The molecular formula is C11H18N2O. The SMILES string of the molecule is CN(C)CC(O)c1ccc(CN)cc1. The summed E-state index contributed by atoms with van der Waals surface area (Å²) in [6.07, 6.45) is -0.420. The topological polar surface area (TPSA) is 49.5 Å². The smallest absolute Gasteiger partial charge is 0.0916 e. The Morgan fingerprint density at radius 3 is 2.29 bits per heavy atom. The number of likely N-dealkylation sites (N-methyl/N-ethyl adjacent to an activating group) is 1. The van der Waals surface area contributed by atoms with Crippen LogP contribution in [0.1, 0.15) is 17.2 Å². The summed E-state index contributed by atoms with van der Waals surface area (Å²) in [7, 11) is 3.88. The fourth-order valence-electron chi connectivity index (χ4n) is 1.33. The van der Waals surface area contributed by atoms with Crippen LogP contribution >= 0.6 is 0 Å². The van der Waals surface area contributed by atoms with Crippen LogP contribution in [0.4, 0.5) is 0 Å². The maximum Gasteiger partial charge on any atom is 0.0916 e. The summed E-state index contributed by atoms with van der Waals surface area (Å²) in [6.45, 7) is 1.19. The number of benzene rings is 1. The minimum absolute atomic E-state index is 0.420. The van der Waals surface area contributed by atoms with Gasteiger partial charge >= 0.3 is 0 Å². The van der Waals surface area contributed by atoms with Crippen molar-refractivity contribution in [1.29, 1.82) is 0 Å². The van der Waals surface area contributed by atoms with E-state index < -0.39 is 6.10 Å². The van der Waals surface area contributed by atoms with Crippen LogP contribution in [0.2, 0.25) is 0 Å². The van der Waals surface area contributed by atoms with Gasteiger partial charge in [-0.3, -0.25) is 0 Å². The van der Waals surface area contributed by atoms with Crippen LogP contribution in [0.15, 0.2) is 24.3 Å². The van der Waals surface area contributed by atoms with E-state index in [1.807, 2.05) is 43.3 Å². The standard InChI is InChI=1S/C11H18N2O/c1-13(2)8-11(14)10-5-3-9(7-12)4-6-10/h3-6,11,14H,7-8,12H2,1-2H3. The van der Waals surface area contributed by atoms with Crippen LogP contribution in [-0.2, 0) is 6.54 Å². The second kappa shape index (κ2) is 5.10. The highest BCUT2D eigenvalue weighted by Crippen LogP contribution is 2.13. The molecule has 14 heavy (non-hydrogen) atoms. The Balaban J connectivity index is 2.66. The summed E-state index contributed by atoms with van der Waals surface area (Å²) in [5, 5.41) is 9.78. The molecule has 3 N–H and O–H groups in total. The monoisotopic (exact) mass is 194 g/mol. The van der Waals surface area contributed by atoms with Crippen LogP contribution in [-0.4, -0.2) is 30.6 Å². The number of rotatable bonds is 4. The first-order valence-corrected chi connectivity index (χ1v) is 4.75. The molecule has 0 bridgehead atoms. The molecule has 0 fully saturated rings. The van der Waals surface area contributed by atoms with Gasteiger partial charge in [-0.1, -0.05) is 24.3 Å². The summed E-state index contributed by atoms with van der Waals surface area (Å²) >= 11 is 0. The summed E-state index contributed by atoms with van der Waals surface area (Å²) < 4.78 is 0. The molecule has 0 saturated heterocycles. The van der Waals surface area contributed by atoms with E-state index in [1.54, 1.807) is 0 Å². The van der Waals surface area contributed by atoms with Crippen LogP contribution in [0.5, 0.6) is 0 Å². The van der Waals surface area contributed by atoms with Crippen molar-refractivity contribution in [2.75, 3.05) is 20.6 Å². The first kappa shape index (κ1) is 11.2. The lowest BCUT2D eigenvalue weighted by atomic mass is 10.1. The maximum absolute atomic E-state index is 9.78. The first-order chi connectivity index (χ1) is 6.63. The van der Waals surface area contributed by atoms with E-state index >= 15 is 0 Å². The second-order valence-corrected chi connectivity index (χ2v) is 3.72. The highest BCUT2D eigenvalue weighted by molar-refractivity contribution is 5.24. The van der Waals surface area contributed by atoms with Gasteiger partial charge in [0.25, 0.3) is 0 Å². The average molecular weight is 194 g/mol. The van der Waals surface area contributed by atoms with Crippen LogP contribution in [0, 0.1) is 0 Å².